The van der Waals surface area contributed by atoms with E-state index >= 15 is 0 Å². The lowest BCUT2D eigenvalue weighted by Crippen LogP contribution is -2.34. The molecule has 2 rings (SSSR count). The van der Waals surface area contributed by atoms with Crippen LogP contribution >= 0.6 is 23.2 Å². The number of aromatic nitrogens is 1. The number of rotatable bonds is 4. The maximum Gasteiger partial charge on any atom is 0.189 e. The van der Waals surface area contributed by atoms with Gasteiger partial charge in [0.05, 0.1) is 18.3 Å². The SMILES string of the molecule is Cc1ccnc(CN=C(N)NC(C)c2ccc(Cl)cc2Cl)c1. The standard InChI is InChI=1S/C16H18Cl2N4/c1-10-5-6-20-13(7-10)9-21-16(19)22-11(2)14-4-3-12(17)8-15(14)18/h3-8,11H,9H2,1-2H3,(H3,19,21,22). The van der Waals surface area contributed by atoms with Gasteiger partial charge in [0.2, 0.25) is 0 Å². The molecular weight excluding hydrogens is 319 g/mol. The molecule has 0 spiro atoms. The fourth-order valence-corrected chi connectivity index (χ4v) is 2.62. The summed E-state index contributed by atoms with van der Waals surface area (Å²) in [6.07, 6.45) is 1.76. The number of nitrogens with two attached hydrogens (primary N) is 1. The van der Waals surface area contributed by atoms with Gasteiger partial charge in [-0.05, 0) is 49.2 Å². The van der Waals surface area contributed by atoms with E-state index in [1.807, 2.05) is 32.0 Å². The van der Waals surface area contributed by atoms with Crippen LogP contribution in [0.1, 0.15) is 29.8 Å². The Balaban J connectivity index is 2.01. The molecule has 0 aliphatic carbocycles. The normalized spacial score (nSPS) is 13.0. The molecule has 0 saturated carbocycles. The van der Waals surface area contributed by atoms with Gasteiger partial charge in [-0.25, -0.2) is 4.99 Å². The average molecular weight is 337 g/mol. The zero-order valence-corrected chi connectivity index (χ0v) is 14.0. The smallest absolute Gasteiger partial charge is 0.189 e. The molecule has 1 atom stereocenters. The van der Waals surface area contributed by atoms with Gasteiger partial charge in [-0.3, -0.25) is 4.98 Å². The Bertz CT molecular complexity index is 686. The minimum absolute atomic E-state index is 0.0704. The zero-order valence-electron chi connectivity index (χ0n) is 12.5. The zero-order chi connectivity index (χ0) is 16.1. The number of nitrogens with one attached hydrogen (secondary N) is 1. The van der Waals surface area contributed by atoms with Crippen LogP contribution in [0.5, 0.6) is 0 Å². The number of nitrogens with zero attached hydrogens (tertiary/aromatic N) is 2. The lowest BCUT2D eigenvalue weighted by Gasteiger charge is -2.16. The molecule has 1 unspecified atom stereocenters. The quantitative estimate of drug-likeness (QED) is 0.658. The molecule has 22 heavy (non-hydrogen) atoms. The molecule has 1 aromatic heterocycles. The van der Waals surface area contributed by atoms with Crippen LogP contribution < -0.4 is 11.1 Å². The lowest BCUT2D eigenvalue weighted by atomic mass is 10.1. The second-order valence-electron chi connectivity index (χ2n) is 5.06. The van der Waals surface area contributed by atoms with Crippen LogP contribution in [0.4, 0.5) is 0 Å². The van der Waals surface area contributed by atoms with Crippen molar-refractivity contribution in [2.75, 3.05) is 0 Å². The number of aliphatic imine (C=N–C) groups is 1. The predicted molar refractivity (Wildman–Crippen MR) is 92.3 cm³/mol. The van der Waals surface area contributed by atoms with Gasteiger partial charge in [0.25, 0.3) is 0 Å². The Labute approximate surface area is 140 Å². The number of aryl methyl sites for hydroxylation is 1. The minimum atomic E-state index is -0.0704. The van der Waals surface area contributed by atoms with Crippen molar-refractivity contribution in [2.45, 2.75) is 26.4 Å². The summed E-state index contributed by atoms with van der Waals surface area (Å²) in [6.45, 7) is 4.41. The van der Waals surface area contributed by atoms with Gasteiger partial charge in [-0.2, -0.15) is 0 Å². The van der Waals surface area contributed by atoms with Gasteiger partial charge in [0.1, 0.15) is 0 Å². The molecule has 1 aromatic carbocycles. The van der Waals surface area contributed by atoms with Crippen molar-refractivity contribution in [1.82, 2.24) is 10.3 Å². The Morgan fingerprint density at radius 1 is 1.32 bits per heavy atom. The summed E-state index contributed by atoms with van der Waals surface area (Å²) in [5, 5.41) is 4.32. The number of hydrogen-bond acceptors (Lipinski definition) is 2. The first-order valence-corrected chi connectivity index (χ1v) is 7.64. The molecule has 116 valence electrons. The molecule has 0 radical (unpaired) electrons. The molecule has 3 N–H and O–H groups in total. The highest BCUT2D eigenvalue weighted by atomic mass is 35.5. The third-order valence-corrected chi connectivity index (χ3v) is 3.74. The average Bonchev–Trinajstić information content (AvgIpc) is 2.45. The number of halogens is 2. The first-order chi connectivity index (χ1) is 10.5. The lowest BCUT2D eigenvalue weighted by molar-refractivity contribution is 0.707. The van der Waals surface area contributed by atoms with E-state index in [4.69, 9.17) is 28.9 Å². The van der Waals surface area contributed by atoms with Crippen LogP contribution in [-0.2, 0) is 6.54 Å². The Morgan fingerprint density at radius 3 is 2.77 bits per heavy atom. The van der Waals surface area contributed by atoms with E-state index in [0.717, 1.165) is 16.8 Å². The summed E-state index contributed by atoms with van der Waals surface area (Å²) in [6, 6.07) is 9.23. The van der Waals surface area contributed by atoms with E-state index in [-0.39, 0.29) is 6.04 Å². The third kappa shape index (κ3) is 4.61. The summed E-state index contributed by atoms with van der Waals surface area (Å²) in [7, 11) is 0. The third-order valence-electron chi connectivity index (χ3n) is 3.18. The van der Waals surface area contributed by atoms with Gasteiger partial charge in [0, 0.05) is 16.2 Å². The molecule has 0 aliphatic heterocycles. The fraction of sp³-hybridized carbons (Fsp3) is 0.250. The van der Waals surface area contributed by atoms with Crippen LogP contribution in [-0.4, -0.2) is 10.9 Å². The van der Waals surface area contributed by atoms with Crippen LogP contribution in [0.2, 0.25) is 10.0 Å². The van der Waals surface area contributed by atoms with Gasteiger partial charge in [0.15, 0.2) is 5.96 Å². The second-order valence-corrected chi connectivity index (χ2v) is 5.90. The maximum atomic E-state index is 6.18. The second kappa shape index (κ2) is 7.47. The van der Waals surface area contributed by atoms with Crippen molar-refractivity contribution < 1.29 is 0 Å². The van der Waals surface area contributed by atoms with Crippen molar-refractivity contribution >= 4 is 29.2 Å². The van der Waals surface area contributed by atoms with Gasteiger partial charge < -0.3 is 11.1 Å². The Morgan fingerprint density at radius 2 is 2.09 bits per heavy atom. The molecular formula is C16H18Cl2N4. The van der Waals surface area contributed by atoms with E-state index in [1.54, 1.807) is 18.3 Å². The molecule has 0 saturated heterocycles. The highest BCUT2D eigenvalue weighted by Crippen LogP contribution is 2.25. The van der Waals surface area contributed by atoms with E-state index in [1.165, 1.54) is 0 Å². The number of hydrogen-bond donors (Lipinski definition) is 2. The summed E-state index contributed by atoms with van der Waals surface area (Å²) in [5.41, 5.74) is 8.86. The van der Waals surface area contributed by atoms with E-state index in [2.05, 4.69) is 15.3 Å². The number of benzene rings is 1. The monoisotopic (exact) mass is 336 g/mol. The molecule has 0 fully saturated rings. The van der Waals surface area contributed by atoms with Crippen molar-refractivity contribution in [3.05, 3.63) is 63.4 Å². The Kier molecular flexibility index (Phi) is 5.63. The Hall–Kier alpha value is -1.78. The summed E-state index contributed by atoms with van der Waals surface area (Å²) in [4.78, 5) is 8.55. The molecule has 0 aliphatic rings. The van der Waals surface area contributed by atoms with E-state index in [0.29, 0.717) is 22.5 Å². The molecule has 4 nitrogen and oxygen atoms in total. The molecule has 2 aromatic rings. The van der Waals surface area contributed by atoms with Gasteiger partial charge in [-0.15, -0.1) is 0 Å². The van der Waals surface area contributed by atoms with Crippen LogP contribution in [0.3, 0.4) is 0 Å². The van der Waals surface area contributed by atoms with Gasteiger partial charge >= 0.3 is 0 Å². The molecule has 6 heteroatoms. The van der Waals surface area contributed by atoms with Crippen LogP contribution in [0.25, 0.3) is 0 Å². The highest BCUT2D eigenvalue weighted by molar-refractivity contribution is 6.35. The first kappa shape index (κ1) is 16.6. The van der Waals surface area contributed by atoms with E-state index < -0.39 is 0 Å². The minimum Gasteiger partial charge on any atom is -0.370 e. The highest BCUT2D eigenvalue weighted by Gasteiger charge is 2.10. The number of pyridine rings is 1. The van der Waals surface area contributed by atoms with Crippen molar-refractivity contribution in [3.8, 4) is 0 Å². The molecule has 1 heterocycles. The van der Waals surface area contributed by atoms with Gasteiger partial charge in [-0.1, -0.05) is 29.3 Å². The largest absolute Gasteiger partial charge is 0.370 e. The summed E-state index contributed by atoms with van der Waals surface area (Å²) >= 11 is 12.1. The first-order valence-electron chi connectivity index (χ1n) is 6.88. The summed E-state index contributed by atoms with van der Waals surface area (Å²) < 4.78 is 0. The molecule has 0 bridgehead atoms. The van der Waals surface area contributed by atoms with Crippen molar-refractivity contribution in [1.29, 1.82) is 0 Å². The van der Waals surface area contributed by atoms with Crippen molar-refractivity contribution in [2.24, 2.45) is 10.7 Å². The molecule has 0 amide bonds. The number of guanidine groups is 1. The summed E-state index contributed by atoms with van der Waals surface area (Å²) in [5.74, 6) is 0.349. The van der Waals surface area contributed by atoms with Crippen LogP contribution in [0.15, 0.2) is 41.5 Å². The van der Waals surface area contributed by atoms with Crippen molar-refractivity contribution in [3.63, 3.8) is 0 Å². The van der Waals surface area contributed by atoms with E-state index in [9.17, 15) is 0 Å². The topological polar surface area (TPSA) is 63.3 Å². The predicted octanol–water partition coefficient (Wildman–Crippen LogP) is 3.86. The maximum absolute atomic E-state index is 6.18. The van der Waals surface area contributed by atoms with Crippen LogP contribution in [0, 0.1) is 6.92 Å². The fourth-order valence-electron chi connectivity index (χ4n) is 2.05.